The Labute approximate surface area is 113 Å². The van der Waals surface area contributed by atoms with Crippen molar-refractivity contribution >= 4 is 11.6 Å². The zero-order valence-corrected chi connectivity index (χ0v) is 10.7. The number of anilines is 1. The van der Waals surface area contributed by atoms with Crippen molar-refractivity contribution in [3.05, 3.63) is 41.7 Å². The summed E-state index contributed by atoms with van der Waals surface area (Å²) in [5.41, 5.74) is 0.475. The number of nitrogens with zero attached hydrogens (tertiary/aromatic N) is 3. The molecular formula is C12H13F2N5O. The Hall–Kier alpha value is -2.35. The number of rotatable bonds is 5. The molecule has 0 aliphatic rings. The maximum Gasteiger partial charge on any atom is 0.246 e. The van der Waals surface area contributed by atoms with Crippen LogP contribution in [0.15, 0.2) is 24.4 Å². The number of hydrogen-bond acceptors (Lipinski definition) is 4. The zero-order chi connectivity index (χ0) is 14.5. The summed E-state index contributed by atoms with van der Waals surface area (Å²) in [6.45, 7) is 0.396. The topological polar surface area (TPSA) is 71.8 Å². The molecule has 1 amide bonds. The number of nitrogens with one attached hydrogen (secondary N) is 2. The van der Waals surface area contributed by atoms with Crippen molar-refractivity contribution in [3.63, 3.8) is 0 Å². The molecule has 2 N–H and O–H groups in total. The molecule has 2 rings (SSSR count). The van der Waals surface area contributed by atoms with Crippen molar-refractivity contribution in [3.8, 4) is 0 Å². The number of aromatic nitrogens is 3. The summed E-state index contributed by atoms with van der Waals surface area (Å²) in [5.74, 6) is -1.84. The predicted octanol–water partition coefficient (Wildman–Crippen LogP) is 0.914. The molecule has 0 aliphatic carbocycles. The highest BCUT2D eigenvalue weighted by molar-refractivity contribution is 5.90. The molecule has 6 nitrogen and oxygen atoms in total. The molecule has 2 aromatic rings. The summed E-state index contributed by atoms with van der Waals surface area (Å²) < 4.78 is 27.6. The Morgan fingerprint density at radius 1 is 1.40 bits per heavy atom. The lowest BCUT2D eigenvalue weighted by atomic mass is 10.3. The monoisotopic (exact) mass is 281 g/mol. The number of halogens is 2. The molecular weight excluding hydrogens is 268 g/mol. The second-order valence-electron chi connectivity index (χ2n) is 4.11. The van der Waals surface area contributed by atoms with E-state index in [1.807, 2.05) is 0 Å². The van der Waals surface area contributed by atoms with Crippen LogP contribution in [0.5, 0.6) is 0 Å². The first-order chi connectivity index (χ1) is 9.58. The van der Waals surface area contributed by atoms with E-state index in [0.29, 0.717) is 12.2 Å². The first kappa shape index (κ1) is 14.1. The molecule has 20 heavy (non-hydrogen) atoms. The summed E-state index contributed by atoms with van der Waals surface area (Å²) in [7, 11) is 1.76. The SMILES string of the molecule is CNCc1cn(CC(=O)Nc2cc(F)ccc2F)nn1. The van der Waals surface area contributed by atoms with Crippen LogP contribution < -0.4 is 10.6 Å². The number of amides is 1. The van der Waals surface area contributed by atoms with Crippen LogP contribution in [0, 0.1) is 11.6 Å². The van der Waals surface area contributed by atoms with Crippen LogP contribution in [0.4, 0.5) is 14.5 Å². The van der Waals surface area contributed by atoms with Gasteiger partial charge in [-0.15, -0.1) is 5.10 Å². The van der Waals surface area contributed by atoms with E-state index in [0.717, 1.165) is 18.2 Å². The quantitative estimate of drug-likeness (QED) is 0.854. The minimum atomic E-state index is -0.700. The Morgan fingerprint density at radius 2 is 2.20 bits per heavy atom. The maximum absolute atomic E-state index is 13.3. The Morgan fingerprint density at radius 3 is 2.95 bits per heavy atom. The molecule has 0 radical (unpaired) electrons. The van der Waals surface area contributed by atoms with Gasteiger partial charge >= 0.3 is 0 Å². The number of carbonyl (C=O) groups excluding carboxylic acids is 1. The number of hydrogen-bond donors (Lipinski definition) is 2. The first-order valence-electron chi connectivity index (χ1n) is 5.87. The normalized spacial score (nSPS) is 10.6. The van der Waals surface area contributed by atoms with Gasteiger partial charge in [0, 0.05) is 12.6 Å². The van der Waals surface area contributed by atoms with Crippen LogP contribution in [-0.2, 0) is 17.9 Å². The third-order valence-corrected chi connectivity index (χ3v) is 2.45. The van der Waals surface area contributed by atoms with Crippen LogP contribution in [-0.4, -0.2) is 27.9 Å². The summed E-state index contributed by atoms with van der Waals surface area (Å²) in [6.07, 6.45) is 1.60. The van der Waals surface area contributed by atoms with Crippen LogP contribution in [0.2, 0.25) is 0 Å². The van der Waals surface area contributed by atoms with Gasteiger partial charge in [-0.3, -0.25) is 4.79 Å². The summed E-state index contributed by atoms with van der Waals surface area (Å²) >= 11 is 0. The molecule has 1 aromatic heterocycles. The Kier molecular flexibility index (Phi) is 4.36. The van der Waals surface area contributed by atoms with Crippen molar-refractivity contribution in [2.75, 3.05) is 12.4 Å². The van der Waals surface area contributed by atoms with Crippen LogP contribution in [0.25, 0.3) is 0 Å². The van der Waals surface area contributed by atoms with E-state index in [1.54, 1.807) is 13.2 Å². The van der Waals surface area contributed by atoms with Gasteiger partial charge in [0.1, 0.15) is 18.2 Å². The van der Waals surface area contributed by atoms with Gasteiger partial charge in [0.05, 0.1) is 17.6 Å². The van der Waals surface area contributed by atoms with Gasteiger partial charge in [0.15, 0.2) is 0 Å². The Balaban J connectivity index is 1.99. The largest absolute Gasteiger partial charge is 0.322 e. The van der Waals surface area contributed by atoms with Crippen molar-refractivity contribution in [1.29, 1.82) is 0 Å². The molecule has 106 valence electrons. The lowest BCUT2D eigenvalue weighted by molar-refractivity contribution is -0.116. The minimum Gasteiger partial charge on any atom is -0.322 e. The molecule has 0 aliphatic heterocycles. The van der Waals surface area contributed by atoms with E-state index < -0.39 is 17.5 Å². The van der Waals surface area contributed by atoms with Crippen LogP contribution in [0.1, 0.15) is 5.69 Å². The van der Waals surface area contributed by atoms with E-state index in [4.69, 9.17) is 0 Å². The van der Waals surface area contributed by atoms with Gasteiger partial charge in [0.2, 0.25) is 5.91 Å². The van der Waals surface area contributed by atoms with E-state index in [9.17, 15) is 13.6 Å². The average molecular weight is 281 g/mol. The highest BCUT2D eigenvalue weighted by Crippen LogP contribution is 2.15. The fraction of sp³-hybridized carbons (Fsp3) is 0.250. The highest BCUT2D eigenvalue weighted by atomic mass is 19.1. The maximum atomic E-state index is 13.3. The van der Waals surface area contributed by atoms with Gasteiger partial charge in [0.25, 0.3) is 0 Å². The molecule has 1 heterocycles. The van der Waals surface area contributed by atoms with E-state index in [1.165, 1.54) is 4.68 Å². The summed E-state index contributed by atoms with van der Waals surface area (Å²) in [5, 5.41) is 12.8. The zero-order valence-electron chi connectivity index (χ0n) is 10.7. The minimum absolute atomic E-state index is 0.132. The van der Waals surface area contributed by atoms with E-state index >= 15 is 0 Å². The summed E-state index contributed by atoms with van der Waals surface area (Å²) in [4.78, 5) is 11.7. The molecule has 0 spiro atoms. The fourth-order valence-electron chi connectivity index (χ4n) is 1.61. The lowest BCUT2D eigenvalue weighted by Gasteiger charge is -2.06. The molecule has 0 fully saturated rings. The van der Waals surface area contributed by atoms with Crippen molar-refractivity contribution in [2.45, 2.75) is 13.1 Å². The predicted molar refractivity (Wildman–Crippen MR) is 67.8 cm³/mol. The van der Waals surface area contributed by atoms with Gasteiger partial charge in [-0.1, -0.05) is 5.21 Å². The lowest BCUT2D eigenvalue weighted by Crippen LogP contribution is -2.20. The first-order valence-corrected chi connectivity index (χ1v) is 5.87. The highest BCUT2D eigenvalue weighted by Gasteiger charge is 2.10. The van der Waals surface area contributed by atoms with Crippen LogP contribution in [0.3, 0.4) is 0 Å². The second-order valence-corrected chi connectivity index (χ2v) is 4.11. The van der Waals surface area contributed by atoms with E-state index in [2.05, 4.69) is 20.9 Å². The molecule has 0 atom stereocenters. The van der Waals surface area contributed by atoms with Gasteiger partial charge < -0.3 is 10.6 Å². The molecule has 0 unspecified atom stereocenters. The molecule has 0 saturated heterocycles. The average Bonchev–Trinajstić information content (AvgIpc) is 2.81. The van der Waals surface area contributed by atoms with Gasteiger partial charge in [-0.2, -0.15) is 0 Å². The molecule has 8 heteroatoms. The van der Waals surface area contributed by atoms with Crippen LogP contribution >= 0.6 is 0 Å². The van der Waals surface area contributed by atoms with Crippen molar-refractivity contribution in [1.82, 2.24) is 20.3 Å². The van der Waals surface area contributed by atoms with Crippen molar-refractivity contribution in [2.24, 2.45) is 0 Å². The smallest absolute Gasteiger partial charge is 0.246 e. The standard InChI is InChI=1S/C12H13F2N5O/c1-15-5-9-6-19(18-17-9)7-12(20)16-11-4-8(13)2-3-10(11)14/h2-4,6,15H,5,7H2,1H3,(H,16,20). The third kappa shape index (κ3) is 3.58. The number of benzene rings is 1. The third-order valence-electron chi connectivity index (χ3n) is 2.45. The molecule has 0 saturated carbocycles. The van der Waals surface area contributed by atoms with Crippen molar-refractivity contribution < 1.29 is 13.6 Å². The Bertz CT molecular complexity index is 614. The van der Waals surface area contributed by atoms with Gasteiger partial charge in [-0.25, -0.2) is 13.5 Å². The number of carbonyl (C=O) groups is 1. The summed E-state index contributed by atoms with van der Waals surface area (Å²) in [6, 6.07) is 2.85. The second kappa shape index (κ2) is 6.20. The molecule has 1 aromatic carbocycles. The fourth-order valence-corrected chi connectivity index (χ4v) is 1.61. The van der Waals surface area contributed by atoms with Gasteiger partial charge in [-0.05, 0) is 19.2 Å². The van der Waals surface area contributed by atoms with E-state index in [-0.39, 0.29) is 12.2 Å². The molecule has 0 bridgehead atoms.